The molecule has 1 atom stereocenters. The van der Waals surface area contributed by atoms with Crippen molar-refractivity contribution in [3.8, 4) is 0 Å². The molecule has 1 unspecified atom stereocenters. The van der Waals surface area contributed by atoms with E-state index in [-0.39, 0.29) is 11.2 Å². The lowest BCUT2D eigenvalue weighted by molar-refractivity contribution is -0.139. The number of halogens is 1. The van der Waals surface area contributed by atoms with Crippen LogP contribution in [0.15, 0.2) is 0 Å². The Labute approximate surface area is 72.9 Å². The molecule has 0 N–H and O–H groups in total. The second kappa shape index (κ2) is 5.34. The number of alkyl halides is 1. The van der Waals surface area contributed by atoms with Crippen molar-refractivity contribution in [2.45, 2.75) is 12.2 Å². The van der Waals surface area contributed by atoms with Crippen LogP contribution in [0.4, 0.5) is 0 Å². The van der Waals surface area contributed by atoms with E-state index in [1.54, 1.807) is 11.8 Å². The van der Waals surface area contributed by atoms with Gasteiger partial charge in [-0.25, -0.2) is 0 Å². The van der Waals surface area contributed by atoms with Crippen LogP contribution in [-0.4, -0.2) is 22.1 Å². The van der Waals surface area contributed by atoms with Crippen molar-refractivity contribution in [1.82, 2.24) is 0 Å². The quantitative estimate of drug-likeness (QED) is 0.438. The number of carbonyl (C=O) groups excluding carboxylic acids is 1. The molecule has 0 aliphatic carbocycles. The highest BCUT2D eigenvalue weighted by molar-refractivity contribution is 14.1. The fourth-order valence-electron chi connectivity index (χ4n) is 0.328. The van der Waals surface area contributed by atoms with E-state index in [2.05, 4.69) is 27.3 Å². The maximum Gasteiger partial charge on any atom is 0.318 e. The summed E-state index contributed by atoms with van der Waals surface area (Å²) >= 11 is 3.78. The van der Waals surface area contributed by atoms with Gasteiger partial charge >= 0.3 is 5.97 Å². The Kier molecular flexibility index (Phi) is 5.67. The van der Waals surface area contributed by atoms with Gasteiger partial charge in [0.2, 0.25) is 0 Å². The van der Waals surface area contributed by atoms with Gasteiger partial charge in [0.15, 0.2) is 0 Å². The first-order valence-corrected chi connectivity index (χ1v) is 5.05. The average Bonchev–Trinajstić information content (AvgIpc) is 1.87. The Hall–Kier alpha value is 0.550. The average molecular weight is 260 g/mol. The van der Waals surface area contributed by atoms with Gasteiger partial charge in [-0.1, -0.05) is 22.6 Å². The first kappa shape index (κ1) is 9.55. The number of esters is 1. The van der Waals surface area contributed by atoms with Gasteiger partial charge in [0.05, 0.1) is 7.11 Å². The third-order valence-electron chi connectivity index (χ3n) is 0.846. The van der Waals surface area contributed by atoms with Crippen molar-refractivity contribution in [1.29, 1.82) is 0 Å². The molecule has 0 aromatic heterocycles. The van der Waals surface area contributed by atoms with Gasteiger partial charge in [-0.2, -0.15) is 0 Å². The largest absolute Gasteiger partial charge is 0.468 e. The third kappa shape index (κ3) is 4.02. The molecule has 0 spiro atoms. The molecular weight excluding hydrogens is 251 g/mol. The Bertz CT molecular complexity index is 97.0. The van der Waals surface area contributed by atoms with Gasteiger partial charge in [-0.3, -0.25) is 4.79 Å². The Morgan fingerprint density at radius 3 is 2.78 bits per heavy atom. The number of hydrogen-bond acceptors (Lipinski definition) is 3. The SMILES string of the molecule is COC(=O)C(C)SCI. The maximum absolute atomic E-state index is 10.7. The zero-order chi connectivity index (χ0) is 7.28. The second-order valence-electron chi connectivity index (χ2n) is 1.44. The molecule has 0 heterocycles. The molecule has 0 radical (unpaired) electrons. The monoisotopic (exact) mass is 260 g/mol. The van der Waals surface area contributed by atoms with E-state index in [0.29, 0.717) is 0 Å². The summed E-state index contributed by atoms with van der Waals surface area (Å²) < 4.78 is 5.43. The van der Waals surface area contributed by atoms with E-state index in [9.17, 15) is 4.79 Å². The van der Waals surface area contributed by atoms with Crippen LogP contribution >= 0.6 is 34.4 Å². The zero-order valence-electron chi connectivity index (χ0n) is 5.39. The summed E-state index contributed by atoms with van der Waals surface area (Å²) in [7, 11) is 1.41. The molecule has 0 rings (SSSR count). The molecule has 4 heteroatoms. The Balaban J connectivity index is 3.45. The summed E-state index contributed by atoms with van der Waals surface area (Å²) in [5.74, 6) is -0.142. The minimum Gasteiger partial charge on any atom is -0.468 e. The van der Waals surface area contributed by atoms with Crippen LogP contribution in [0.3, 0.4) is 0 Å². The van der Waals surface area contributed by atoms with Crippen molar-refractivity contribution in [2.75, 3.05) is 10.9 Å². The lowest BCUT2D eigenvalue weighted by atomic mass is 10.5. The van der Waals surface area contributed by atoms with Gasteiger partial charge in [0.1, 0.15) is 5.25 Å². The lowest BCUT2D eigenvalue weighted by Crippen LogP contribution is -2.14. The van der Waals surface area contributed by atoms with Crippen molar-refractivity contribution >= 4 is 40.3 Å². The number of thioether (sulfide) groups is 1. The molecule has 0 fully saturated rings. The molecule has 0 aromatic carbocycles. The molecule has 0 aliphatic rings. The van der Waals surface area contributed by atoms with Gasteiger partial charge < -0.3 is 4.74 Å². The lowest BCUT2D eigenvalue weighted by Gasteiger charge is -2.04. The zero-order valence-corrected chi connectivity index (χ0v) is 8.36. The number of ether oxygens (including phenoxy) is 1. The van der Waals surface area contributed by atoms with Crippen molar-refractivity contribution in [2.24, 2.45) is 0 Å². The van der Waals surface area contributed by atoms with E-state index >= 15 is 0 Å². The smallest absolute Gasteiger partial charge is 0.318 e. The number of hydrogen-bond donors (Lipinski definition) is 0. The Morgan fingerprint density at radius 1 is 1.89 bits per heavy atom. The normalized spacial score (nSPS) is 12.8. The summed E-state index contributed by atoms with van der Waals surface area (Å²) in [4.78, 5) is 10.7. The van der Waals surface area contributed by atoms with Crippen LogP contribution in [0.1, 0.15) is 6.92 Å². The summed E-state index contributed by atoms with van der Waals surface area (Å²) in [5, 5.41) is -0.0214. The number of methoxy groups -OCH3 is 1. The maximum atomic E-state index is 10.7. The van der Waals surface area contributed by atoms with E-state index in [1.807, 2.05) is 6.92 Å². The van der Waals surface area contributed by atoms with Crippen LogP contribution in [-0.2, 0) is 9.53 Å². The Morgan fingerprint density at radius 2 is 2.44 bits per heavy atom. The van der Waals surface area contributed by atoms with Crippen LogP contribution in [0, 0.1) is 0 Å². The van der Waals surface area contributed by atoms with Gasteiger partial charge in [-0.05, 0) is 6.92 Å². The topological polar surface area (TPSA) is 26.3 Å². The highest BCUT2D eigenvalue weighted by Crippen LogP contribution is 2.13. The van der Waals surface area contributed by atoms with E-state index in [4.69, 9.17) is 0 Å². The molecule has 0 amide bonds. The standard InChI is InChI=1S/C5H9IO2S/c1-4(9-3-6)5(7)8-2/h4H,3H2,1-2H3. The predicted octanol–water partition coefficient (Wildman–Crippen LogP) is 1.67. The van der Waals surface area contributed by atoms with E-state index < -0.39 is 0 Å². The highest BCUT2D eigenvalue weighted by Gasteiger charge is 2.11. The van der Waals surface area contributed by atoms with E-state index in [0.717, 1.165) is 3.76 Å². The second-order valence-corrected chi connectivity index (χ2v) is 4.57. The molecule has 0 aliphatic heterocycles. The molecule has 2 nitrogen and oxygen atoms in total. The fraction of sp³-hybridized carbons (Fsp3) is 0.800. The van der Waals surface area contributed by atoms with Crippen LogP contribution < -0.4 is 0 Å². The van der Waals surface area contributed by atoms with Crippen LogP contribution in [0.5, 0.6) is 0 Å². The summed E-state index contributed by atoms with van der Waals surface area (Å²) in [6.45, 7) is 1.84. The summed E-state index contributed by atoms with van der Waals surface area (Å²) in [6, 6.07) is 0. The van der Waals surface area contributed by atoms with Gasteiger partial charge in [0, 0.05) is 3.76 Å². The summed E-state index contributed by atoms with van der Waals surface area (Å²) in [5.41, 5.74) is 0. The highest BCUT2D eigenvalue weighted by atomic mass is 127. The minimum absolute atomic E-state index is 0.0214. The van der Waals surface area contributed by atoms with Crippen LogP contribution in [0.25, 0.3) is 0 Å². The molecule has 0 bridgehead atoms. The molecule has 54 valence electrons. The summed E-state index contributed by atoms with van der Waals surface area (Å²) in [6.07, 6.45) is 0. The third-order valence-corrected chi connectivity index (χ3v) is 2.74. The van der Waals surface area contributed by atoms with Crippen molar-refractivity contribution in [3.05, 3.63) is 0 Å². The fourth-order valence-corrected chi connectivity index (χ4v) is 2.37. The van der Waals surface area contributed by atoms with Crippen molar-refractivity contribution < 1.29 is 9.53 Å². The number of carbonyl (C=O) groups is 1. The molecule has 0 saturated carbocycles. The van der Waals surface area contributed by atoms with Gasteiger partial charge in [0.25, 0.3) is 0 Å². The minimum atomic E-state index is -0.142. The van der Waals surface area contributed by atoms with Gasteiger partial charge in [-0.15, -0.1) is 11.8 Å². The molecule has 0 saturated heterocycles. The first-order chi connectivity index (χ1) is 4.22. The van der Waals surface area contributed by atoms with E-state index in [1.165, 1.54) is 7.11 Å². The predicted molar refractivity (Wildman–Crippen MR) is 48.0 cm³/mol. The first-order valence-electron chi connectivity index (χ1n) is 2.47. The molecular formula is C5H9IO2S. The molecule has 0 aromatic rings. The van der Waals surface area contributed by atoms with Crippen molar-refractivity contribution in [3.63, 3.8) is 0 Å². The molecule has 9 heavy (non-hydrogen) atoms. The van der Waals surface area contributed by atoms with Crippen LogP contribution in [0.2, 0.25) is 0 Å². The number of rotatable bonds is 3.